The normalized spacial score (nSPS) is 16.8. The molecule has 0 aromatic carbocycles. The van der Waals surface area contributed by atoms with E-state index in [2.05, 4.69) is 60.0 Å². The maximum absolute atomic E-state index is 6.43. The highest BCUT2D eigenvalue weighted by atomic mass is 15.0. The molecule has 2 heteroatoms. The number of allylic oxidation sites excluding steroid dienone is 2. The van der Waals surface area contributed by atoms with Gasteiger partial charge in [-0.2, -0.15) is 0 Å². The Morgan fingerprint density at radius 1 is 1.28 bits per heavy atom. The molecule has 0 radical (unpaired) electrons. The minimum Gasteiger partial charge on any atom is -0.387 e. The van der Waals surface area contributed by atoms with Crippen molar-refractivity contribution in [2.24, 2.45) is 17.1 Å². The predicted octanol–water partition coefficient (Wildman–Crippen LogP) is 3.85. The molecule has 106 valence electrons. The van der Waals surface area contributed by atoms with E-state index in [1.807, 2.05) is 0 Å². The van der Waals surface area contributed by atoms with Crippen molar-refractivity contribution in [3.63, 3.8) is 0 Å². The van der Waals surface area contributed by atoms with Crippen LogP contribution >= 0.6 is 0 Å². The van der Waals surface area contributed by atoms with Crippen molar-refractivity contribution in [3.05, 3.63) is 24.4 Å². The van der Waals surface area contributed by atoms with Crippen molar-refractivity contribution in [1.82, 2.24) is 5.32 Å². The predicted molar refractivity (Wildman–Crippen MR) is 82.4 cm³/mol. The van der Waals surface area contributed by atoms with Gasteiger partial charge >= 0.3 is 0 Å². The standard InChI is InChI=1S/C16H32N2/c1-9-15(6,7)16(8,17)11-18-14(5)13(4)10-12(2)3/h13,18H,2,5,9-11,17H2,1,3-4,6-8H3. The smallest absolute Gasteiger partial charge is 0.0352 e. The number of hydrogen-bond acceptors (Lipinski definition) is 2. The quantitative estimate of drug-likeness (QED) is 0.644. The summed E-state index contributed by atoms with van der Waals surface area (Å²) in [5.41, 5.74) is 8.55. The van der Waals surface area contributed by atoms with Crippen LogP contribution in [0.3, 0.4) is 0 Å². The van der Waals surface area contributed by atoms with Crippen LogP contribution < -0.4 is 11.1 Å². The first-order valence-corrected chi connectivity index (χ1v) is 6.89. The highest BCUT2D eigenvalue weighted by Gasteiger charge is 2.35. The Hall–Kier alpha value is -0.760. The highest BCUT2D eigenvalue weighted by molar-refractivity contribution is 5.05. The van der Waals surface area contributed by atoms with Crippen molar-refractivity contribution >= 4 is 0 Å². The number of nitrogens with one attached hydrogen (secondary N) is 1. The summed E-state index contributed by atoms with van der Waals surface area (Å²) >= 11 is 0. The van der Waals surface area contributed by atoms with Crippen LogP contribution in [0.1, 0.15) is 54.4 Å². The van der Waals surface area contributed by atoms with Crippen molar-refractivity contribution < 1.29 is 0 Å². The van der Waals surface area contributed by atoms with E-state index in [-0.39, 0.29) is 11.0 Å². The molecule has 2 atom stereocenters. The molecule has 0 fully saturated rings. The Morgan fingerprint density at radius 2 is 1.78 bits per heavy atom. The third-order valence-electron chi connectivity index (χ3n) is 4.36. The Labute approximate surface area is 114 Å². The van der Waals surface area contributed by atoms with E-state index in [1.165, 1.54) is 5.57 Å². The van der Waals surface area contributed by atoms with Crippen molar-refractivity contribution in [2.75, 3.05) is 6.54 Å². The Balaban J connectivity index is 4.40. The first kappa shape index (κ1) is 17.2. The maximum Gasteiger partial charge on any atom is 0.0352 e. The molecule has 0 heterocycles. The molecule has 0 amide bonds. The van der Waals surface area contributed by atoms with E-state index in [0.717, 1.165) is 25.1 Å². The fourth-order valence-corrected chi connectivity index (χ4v) is 1.76. The second-order valence-corrected chi connectivity index (χ2v) is 6.60. The molecule has 0 saturated carbocycles. The van der Waals surface area contributed by atoms with Gasteiger partial charge in [0.2, 0.25) is 0 Å². The van der Waals surface area contributed by atoms with Gasteiger partial charge in [0.1, 0.15) is 0 Å². The van der Waals surface area contributed by atoms with Crippen LogP contribution in [0.15, 0.2) is 24.4 Å². The van der Waals surface area contributed by atoms with Crippen LogP contribution in [0, 0.1) is 11.3 Å². The molecular weight excluding hydrogens is 220 g/mol. The highest BCUT2D eigenvalue weighted by Crippen LogP contribution is 2.31. The summed E-state index contributed by atoms with van der Waals surface area (Å²) in [7, 11) is 0. The summed E-state index contributed by atoms with van der Waals surface area (Å²) in [6, 6.07) is 0. The van der Waals surface area contributed by atoms with Crippen LogP contribution in [0.2, 0.25) is 0 Å². The third-order valence-corrected chi connectivity index (χ3v) is 4.36. The van der Waals surface area contributed by atoms with Crippen molar-refractivity contribution in [2.45, 2.75) is 59.9 Å². The lowest BCUT2D eigenvalue weighted by atomic mass is 9.72. The zero-order valence-electron chi connectivity index (χ0n) is 13.2. The lowest BCUT2D eigenvalue weighted by Gasteiger charge is -2.41. The molecular formula is C16H32N2. The molecule has 0 aliphatic heterocycles. The van der Waals surface area contributed by atoms with Gasteiger partial charge in [0.15, 0.2) is 0 Å². The topological polar surface area (TPSA) is 38.0 Å². The van der Waals surface area contributed by atoms with Gasteiger partial charge in [-0.05, 0) is 38.0 Å². The van der Waals surface area contributed by atoms with Crippen molar-refractivity contribution in [1.29, 1.82) is 0 Å². The van der Waals surface area contributed by atoms with Crippen LogP contribution in [-0.4, -0.2) is 12.1 Å². The van der Waals surface area contributed by atoms with Gasteiger partial charge in [-0.3, -0.25) is 0 Å². The molecule has 3 N–H and O–H groups in total. The fourth-order valence-electron chi connectivity index (χ4n) is 1.76. The maximum atomic E-state index is 6.43. The molecule has 0 aliphatic carbocycles. The molecule has 0 bridgehead atoms. The minimum absolute atomic E-state index is 0.109. The molecule has 18 heavy (non-hydrogen) atoms. The number of rotatable bonds is 8. The van der Waals surface area contributed by atoms with E-state index < -0.39 is 0 Å². The Morgan fingerprint density at radius 3 is 2.17 bits per heavy atom. The monoisotopic (exact) mass is 252 g/mol. The van der Waals surface area contributed by atoms with Crippen LogP contribution in [0.25, 0.3) is 0 Å². The molecule has 0 aliphatic rings. The first-order chi connectivity index (χ1) is 8.03. The van der Waals surface area contributed by atoms with E-state index in [9.17, 15) is 0 Å². The van der Waals surface area contributed by atoms with Gasteiger partial charge in [0, 0.05) is 17.8 Å². The summed E-state index contributed by atoms with van der Waals surface area (Å²) in [5, 5.41) is 3.41. The van der Waals surface area contributed by atoms with Gasteiger partial charge in [0.25, 0.3) is 0 Å². The molecule has 0 spiro atoms. The summed E-state index contributed by atoms with van der Waals surface area (Å²) in [5.74, 6) is 0.406. The van der Waals surface area contributed by atoms with E-state index >= 15 is 0 Å². The molecule has 0 aromatic rings. The largest absolute Gasteiger partial charge is 0.387 e. The number of hydrogen-bond donors (Lipinski definition) is 2. The zero-order valence-corrected chi connectivity index (χ0v) is 13.2. The summed E-state index contributed by atoms with van der Waals surface area (Å²) in [6.07, 6.45) is 2.04. The van der Waals surface area contributed by atoms with Gasteiger partial charge in [0.05, 0.1) is 0 Å². The minimum atomic E-state index is -0.242. The Kier molecular flexibility index (Phi) is 6.15. The van der Waals surface area contributed by atoms with Crippen LogP contribution in [0.5, 0.6) is 0 Å². The zero-order chi connectivity index (χ0) is 14.6. The van der Waals surface area contributed by atoms with Gasteiger partial charge in [-0.25, -0.2) is 0 Å². The second-order valence-electron chi connectivity index (χ2n) is 6.60. The first-order valence-electron chi connectivity index (χ1n) is 6.89. The molecule has 2 unspecified atom stereocenters. The number of nitrogens with two attached hydrogens (primary N) is 1. The van der Waals surface area contributed by atoms with Crippen LogP contribution in [0.4, 0.5) is 0 Å². The Bertz CT molecular complexity index is 300. The summed E-state index contributed by atoms with van der Waals surface area (Å²) in [6.45, 7) is 21.8. The second kappa shape index (κ2) is 6.42. The molecule has 2 nitrogen and oxygen atoms in total. The summed E-state index contributed by atoms with van der Waals surface area (Å²) < 4.78 is 0. The fraction of sp³-hybridized carbons (Fsp3) is 0.750. The van der Waals surface area contributed by atoms with Crippen LogP contribution in [-0.2, 0) is 0 Å². The third kappa shape index (κ3) is 4.85. The van der Waals surface area contributed by atoms with E-state index in [1.54, 1.807) is 0 Å². The summed E-state index contributed by atoms with van der Waals surface area (Å²) in [4.78, 5) is 0. The lowest BCUT2D eigenvalue weighted by molar-refractivity contribution is 0.173. The van der Waals surface area contributed by atoms with E-state index in [0.29, 0.717) is 5.92 Å². The van der Waals surface area contributed by atoms with E-state index in [4.69, 9.17) is 5.73 Å². The molecule has 0 aromatic heterocycles. The SMILES string of the molecule is C=C(C)CC(C)C(=C)NCC(C)(N)C(C)(C)CC. The average Bonchev–Trinajstić information content (AvgIpc) is 2.24. The van der Waals surface area contributed by atoms with Gasteiger partial charge in [-0.1, -0.05) is 39.8 Å². The molecule has 0 rings (SSSR count). The lowest BCUT2D eigenvalue weighted by Crippen LogP contribution is -2.56. The molecule has 0 saturated heterocycles. The van der Waals surface area contributed by atoms with Crippen molar-refractivity contribution in [3.8, 4) is 0 Å². The average molecular weight is 252 g/mol. The van der Waals surface area contributed by atoms with Gasteiger partial charge < -0.3 is 11.1 Å². The van der Waals surface area contributed by atoms with Gasteiger partial charge in [-0.15, -0.1) is 6.58 Å².